The van der Waals surface area contributed by atoms with Crippen LogP contribution in [0, 0.1) is 6.92 Å². The van der Waals surface area contributed by atoms with Crippen molar-refractivity contribution in [1.29, 1.82) is 0 Å². The molecule has 2 nitrogen and oxygen atoms in total. The molecular weight excluding hydrogens is 307 g/mol. The van der Waals surface area contributed by atoms with Gasteiger partial charge in [0, 0.05) is 5.02 Å². The summed E-state index contributed by atoms with van der Waals surface area (Å²) in [6.07, 6.45) is 0. The highest BCUT2D eigenvalue weighted by atomic mass is 35.5. The zero-order valence-corrected chi connectivity index (χ0v) is 12.2. The van der Waals surface area contributed by atoms with Gasteiger partial charge in [-0.05, 0) is 31.2 Å². The normalized spacial score (nSPS) is 10.3. The summed E-state index contributed by atoms with van der Waals surface area (Å²) in [5.41, 5.74) is 1.39. The first-order chi connectivity index (χ1) is 8.97. The third-order valence-electron chi connectivity index (χ3n) is 2.41. The van der Waals surface area contributed by atoms with E-state index >= 15 is 0 Å². The van der Waals surface area contributed by atoms with E-state index in [1.54, 1.807) is 18.2 Å². The van der Waals surface area contributed by atoms with Crippen LogP contribution in [0.2, 0.25) is 15.1 Å². The van der Waals surface area contributed by atoms with Crippen LogP contribution in [0.5, 0.6) is 5.75 Å². The van der Waals surface area contributed by atoms with E-state index in [1.165, 1.54) is 12.1 Å². The Balaban J connectivity index is 2.29. The number of hydrogen-bond donors (Lipinski definition) is 0. The number of hydrogen-bond acceptors (Lipinski definition) is 2. The Labute approximate surface area is 125 Å². The molecule has 2 aromatic carbocycles. The number of rotatable bonds is 2. The zero-order chi connectivity index (χ0) is 14.0. The molecule has 0 atom stereocenters. The molecule has 0 N–H and O–H groups in total. The minimum absolute atomic E-state index is 0.110. The number of carbonyl (C=O) groups excluding carboxylic acids is 1. The molecule has 19 heavy (non-hydrogen) atoms. The van der Waals surface area contributed by atoms with Gasteiger partial charge in [0.1, 0.15) is 0 Å². The quantitative estimate of drug-likeness (QED) is 0.564. The first-order valence-corrected chi connectivity index (χ1v) is 6.54. The number of carbonyl (C=O) groups is 1. The van der Waals surface area contributed by atoms with Crippen molar-refractivity contribution in [2.75, 3.05) is 0 Å². The molecule has 5 heteroatoms. The Morgan fingerprint density at radius 2 is 1.68 bits per heavy atom. The van der Waals surface area contributed by atoms with Crippen LogP contribution in [0.25, 0.3) is 0 Å². The highest BCUT2D eigenvalue weighted by Crippen LogP contribution is 2.36. The van der Waals surface area contributed by atoms with Crippen LogP contribution in [0.3, 0.4) is 0 Å². The Bertz CT molecular complexity index is 615. The summed E-state index contributed by atoms with van der Waals surface area (Å²) < 4.78 is 5.21. The monoisotopic (exact) mass is 314 g/mol. The third-order valence-corrected chi connectivity index (χ3v) is 3.19. The molecule has 0 unspecified atom stereocenters. The van der Waals surface area contributed by atoms with Crippen molar-refractivity contribution in [2.24, 2.45) is 0 Å². The summed E-state index contributed by atoms with van der Waals surface area (Å²) in [5.74, 6) is -0.408. The summed E-state index contributed by atoms with van der Waals surface area (Å²) in [6, 6.07) is 9.98. The molecule has 0 aromatic heterocycles. The van der Waals surface area contributed by atoms with Gasteiger partial charge in [0.2, 0.25) is 0 Å². The molecular formula is C14H9Cl3O2. The summed E-state index contributed by atoms with van der Waals surface area (Å²) in [7, 11) is 0. The predicted molar refractivity (Wildman–Crippen MR) is 77.6 cm³/mol. The first kappa shape index (κ1) is 14.2. The van der Waals surface area contributed by atoms with Crippen LogP contribution >= 0.6 is 34.8 Å². The maximum Gasteiger partial charge on any atom is 0.343 e. The molecule has 0 heterocycles. The van der Waals surface area contributed by atoms with E-state index in [9.17, 15) is 4.79 Å². The van der Waals surface area contributed by atoms with E-state index < -0.39 is 5.97 Å². The van der Waals surface area contributed by atoms with E-state index in [2.05, 4.69) is 0 Å². The average Bonchev–Trinajstić information content (AvgIpc) is 2.33. The number of aryl methyl sites for hydroxylation is 1. The lowest BCUT2D eigenvalue weighted by molar-refractivity contribution is 0.0735. The van der Waals surface area contributed by atoms with Crippen molar-refractivity contribution in [1.82, 2.24) is 0 Å². The Morgan fingerprint density at radius 1 is 1.05 bits per heavy atom. The van der Waals surface area contributed by atoms with Crippen LogP contribution in [-0.2, 0) is 0 Å². The smallest absolute Gasteiger partial charge is 0.343 e. The summed E-state index contributed by atoms with van der Waals surface area (Å²) >= 11 is 17.7. The molecule has 0 aliphatic carbocycles. The van der Waals surface area contributed by atoms with Crippen LogP contribution < -0.4 is 4.74 Å². The maximum atomic E-state index is 12.0. The number of esters is 1. The summed E-state index contributed by atoms with van der Waals surface area (Å²) in [5, 5.41) is 0.766. The van der Waals surface area contributed by atoms with Crippen LogP contribution in [-0.4, -0.2) is 5.97 Å². The lowest BCUT2D eigenvalue weighted by atomic mass is 10.1. The second-order valence-corrected chi connectivity index (χ2v) is 5.21. The molecule has 98 valence electrons. The van der Waals surface area contributed by atoms with Gasteiger partial charge in [-0.2, -0.15) is 0 Å². The molecule has 0 amide bonds. The number of benzene rings is 2. The van der Waals surface area contributed by atoms with Gasteiger partial charge >= 0.3 is 5.97 Å². The van der Waals surface area contributed by atoms with Gasteiger partial charge in [-0.3, -0.25) is 0 Å². The van der Waals surface area contributed by atoms with Crippen molar-refractivity contribution in [3.8, 4) is 5.75 Å². The standard InChI is InChI=1S/C14H9Cl3O2/c1-8-3-2-4-9(5-8)14(18)19-13-11(16)6-10(15)7-12(13)17/h2-7H,1H3. The Morgan fingerprint density at radius 3 is 2.26 bits per heavy atom. The van der Waals surface area contributed by atoms with Gasteiger partial charge in [0.15, 0.2) is 5.75 Å². The van der Waals surface area contributed by atoms with Crippen molar-refractivity contribution < 1.29 is 9.53 Å². The van der Waals surface area contributed by atoms with Crippen LogP contribution in [0.4, 0.5) is 0 Å². The van der Waals surface area contributed by atoms with E-state index in [4.69, 9.17) is 39.5 Å². The van der Waals surface area contributed by atoms with Gasteiger partial charge in [0.25, 0.3) is 0 Å². The fourth-order valence-corrected chi connectivity index (χ4v) is 2.44. The number of halogens is 3. The van der Waals surface area contributed by atoms with E-state index in [-0.39, 0.29) is 15.8 Å². The Hall–Kier alpha value is -1.22. The molecule has 0 bridgehead atoms. The van der Waals surface area contributed by atoms with Crippen molar-refractivity contribution in [3.63, 3.8) is 0 Å². The second kappa shape index (κ2) is 5.83. The fourth-order valence-electron chi connectivity index (χ4n) is 1.55. The van der Waals surface area contributed by atoms with Gasteiger partial charge in [0.05, 0.1) is 15.6 Å². The predicted octanol–water partition coefficient (Wildman–Crippen LogP) is 5.17. The molecule has 0 radical (unpaired) electrons. The second-order valence-electron chi connectivity index (χ2n) is 3.96. The van der Waals surface area contributed by atoms with Crippen molar-refractivity contribution >= 4 is 40.8 Å². The molecule has 0 aliphatic heterocycles. The van der Waals surface area contributed by atoms with Crippen LogP contribution in [0.1, 0.15) is 15.9 Å². The molecule has 2 aromatic rings. The minimum atomic E-state index is -0.519. The van der Waals surface area contributed by atoms with E-state index in [0.717, 1.165) is 5.56 Å². The highest BCUT2D eigenvalue weighted by Gasteiger charge is 2.15. The summed E-state index contributed by atoms with van der Waals surface area (Å²) in [6.45, 7) is 1.89. The van der Waals surface area contributed by atoms with Gasteiger partial charge < -0.3 is 4.74 Å². The van der Waals surface area contributed by atoms with Crippen molar-refractivity contribution in [3.05, 3.63) is 62.6 Å². The lowest BCUT2D eigenvalue weighted by Crippen LogP contribution is -2.09. The average molecular weight is 316 g/mol. The SMILES string of the molecule is Cc1cccc(C(=O)Oc2c(Cl)cc(Cl)cc2Cl)c1. The van der Waals surface area contributed by atoms with E-state index in [0.29, 0.717) is 10.6 Å². The van der Waals surface area contributed by atoms with Gasteiger partial charge in [-0.25, -0.2) is 4.79 Å². The van der Waals surface area contributed by atoms with Crippen LogP contribution in [0.15, 0.2) is 36.4 Å². The van der Waals surface area contributed by atoms with Crippen molar-refractivity contribution in [2.45, 2.75) is 6.92 Å². The third kappa shape index (κ3) is 3.41. The topological polar surface area (TPSA) is 26.3 Å². The van der Waals surface area contributed by atoms with Gasteiger partial charge in [-0.15, -0.1) is 0 Å². The molecule has 0 saturated carbocycles. The lowest BCUT2D eigenvalue weighted by Gasteiger charge is -2.09. The maximum absolute atomic E-state index is 12.0. The minimum Gasteiger partial charge on any atom is -0.420 e. The fraction of sp³-hybridized carbons (Fsp3) is 0.0714. The molecule has 0 fully saturated rings. The first-order valence-electron chi connectivity index (χ1n) is 5.41. The Kier molecular flexibility index (Phi) is 4.35. The molecule has 2 rings (SSSR count). The summed E-state index contributed by atoms with van der Waals surface area (Å²) in [4.78, 5) is 12.0. The molecule has 0 aliphatic rings. The number of ether oxygens (including phenoxy) is 1. The molecule has 0 spiro atoms. The van der Waals surface area contributed by atoms with E-state index in [1.807, 2.05) is 13.0 Å². The highest BCUT2D eigenvalue weighted by molar-refractivity contribution is 6.40. The molecule has 0 saturated heterocycles. The largest absolute Gasteiger partial charge is 0.420 e. The zero-order valence-electron chi connectivity index (χ0n) is 9.91. The van der Waals surface area contributed by atoms with Gasteiger partial charge in [-0.1, -0.05) is 52.5 Å².